The van der Waals surface area contributed by atoms with Crippen LogP contribution < -0.4 is 4.74 Å². The molecule has 17 heavy (non-hydrogen) atoms. The molecule has 0 radical (unpaired) electrons. The summed E-state index contributed by atoms with van der Waals surface area (Å²) in [4.78, 5) is 10.4. The van der Waals surface area contributed by atoms with Gasteiger partial charge < -0.3 is 9.84 Å². The van der Waals surface area contributed by atoms with Crippen LogP contribution in [0.2, 0.25) is 0 Å². The van der Waals surface area contributed by atoms with Crippen LogP contribution in [0.15, 0.2) is 24.3 Å². The highest BCUT2D eigenvalue weighted by molar-refractivity contribution is 5.70. The summed E-state index contributed by atoms with van der Waals surface area (Å²) >= 11 is 0. The Morgan fingerprint density at radius 1 is 1.47 bits per heavy atom. The van der Waals surface area contributed by atoms with Gasteiger partial charge in [-0.2, -0.15) is 0 Å². The maximum atomic E-state index is 10.4. The van der Waals surface area contributed by atoms with Crippen LogP contribution in [0.1, 0.15) is 37.3 Å². The maximum Gasteiger partial charge on any atom is 0.307 e. The quantitative estimate of drug-likeness (QED) is 0.850. The number of ether oxygens (including phenoxy) is 1. The number of rotatable bonds is 5. The van der Waals surface area contributed by atoms with E-state index in [4.69, 9.17) is 9.84 Å². The normalized spacial score (nSPS) is 11.1. The van der Waals surface area contributed by atoms with Crippen molar-refractivity contribution in [2.24, 2.45) is 0 Å². The number of hydrogen-bond donors (Lipinski definition) is 1. The molecule has 1 N–H and O–H groups in total. The molecule has 0 heterocycles. The topological polar surface area (TPSA) is 46.5 Å². The van der Waals surface area contributed by atoms with Gasteiger partial charge in [-0.25, -0.2) is 0 Å². The predicted molar refractivity (Wildman–Crippen MR) is 68.4 cm³/mol. The minimum atomic E-state index is -0.821. The van der Waals surface area contributed by atoms with E-state index in [1.165, 1.54) is 0 Å². The number of carboxylic acid groups (broad SMARTS) is 1. The summed E-state index contributed by atoms with van der Waals surface area (Å²) in [6.07, 6.45) is 3.51. The van der Waals surface area contributed by atoms with E-state index in [0.717, 1.165) is 16.9 Å². The monoisotopic (exact) mass is 234 g/mol. The SMILES string of the molecule is COc1ccc(/C=C/CC(=O)O)cc1C(C)C. The molecule has 92 valence electrons. The molecule has 1 aromatic carbocycles. The van der Waals surface area contributed by atoms with E-state index in [2.05, 4.69) is 13.8 Å². The molecule has 0 aliphatic heterocycles. The number of carboxylic acids is 1. The van der Waals surface area contributed by atoms with Gasteiger partial charge >= 0.3 is 5.97 Å². The lowest BCUT2D eigenvalue weighted by Crippen LogP contribution is -1.95. The van der Waals surface area contributed by atoms with Crippen LogP contribution >= 0.6 is 0 Å². The molecule has 0 saturated heterocycles. The molecule has 0 aromatic heterocycles. The molecular weight excluding hydrogens is 216 g/mol. The zero-order valence-electron chi connectivity index (χ0n) is 10.4. The Kier molecular flexibility index (Phi) is 4.76. The van der Waals surface area contributed by atoms with Gasteiger partial charge in [-0.05, 0) is 29.2 Å². The first-order chi connectivity index (χ1) is 8.04. The van der Waals surface area contributed by atoms with Crippen LogP contribution in [-0.4, -0.2) is 18.2 Å². The molecule has 0 amide bonds. The third kappa shape index (κ3) is 3.94. The lowest BCUT2D eigenvalue weighted by molar-refractivity contribution is -0.135. The van der Waals surface area contributed by atoms with E-state index in [9.17, 15) is 4.79 Å². The first-order valence-electron chi connectivity index (χ1n) is 5.61. The van der Waals surface area contributed by atoms with Crippen LogP contribution in [0.25, 0.3) is 6.08 Å². The fourth-order valence-corrected chi connectivity index (χ4v) is 1.60. The van der Waals surface area contributed by atoms with Crippen molar-refractivity contribution < 1.29 is 14.6 Å². The van der Waals surface area contributed by atoms with E-state index in [-0.39, 0.29) is 6.42 Å². The third-order valence-corrected chi connectivity index (χ3v) is 2.48. The summed E-state index contributed by atoms with van der Waals surface area (Å²) in [5, 5.41) is 8.55. The van der Waals surface area contributed by atoms with Crippen molar-refractivity contribution in [3.8, 4) is 5.75 Å². The van der Waals surface area contributed by atoms with E-state index in [1.807, 2.05) is 24.3 Å². The number of methoxy groups -OCH3 is 1. The fourth-order valence-electron chi connectivity index (χ4n) is 1.60. The van der Waals surface area contributed by atoms with Crippen LogP contribution in [0.4, 0.5) is 0 Å². The molecule has 3 heteroatoms. The number of carbonyl (C=O) groups is 1. The minimum absolute atomic E-state index is 0.0447. The first-order valence-corrected chi connectivity index (χ1v) is 5.61. The average Bonchev–Trinajstić information content (AvgIpc) is 2.28. The van der Waals surface area contributed by atoms with Gasteiger partial charge in [0.25, 0.3) is 0 Å². The summed E-state index contributed by atoms with van der Waals surface area (Å²) in [6.45, 7) is 4.20. The van der Waals surface area contributed by atoms with Gasteiger partial charge in [-0.1, -0.05) is 32.1 Å². The summed E-state index contributed by atoms with van der Waals surface area (Å²) in [5.74, 6) is 0.423. The van der Waals surface area contributed by atoms with E-state index in [0.29, 0.717) is 5.92 Å². The molecule has 1 aromatic rings. The molecule has 0 aliphatic rings. The number of aliphatic carboxylic acids is 1. The van der Waals surface area contributed by atoms with Crippen molar-refractivity contribution in [3.63, 3.8) is 0 Å². The molecule has 0 spiro atoms. The van der Waals surface area contributed by atoms with E-state index < -0.39 is 5.97 Å². The summed E-state index contributed by atoms with van der Waals surface area (Å²) in [7, 11) is 1.65. The second-order valence-corrected chi connectivity index (χ2v) is 4.16. The van der Waals surface area contributed by atoms with Crippen molar-refractivity contribution >= 4 is 12.0 Å². The molecule has 0 saturated carbocycles. The van der Waals surface area contributed by atoms with Crippen molar-refractivity contribution in [3.05, 3.63) is 35.4 Å². The summed E-state index contributed by atoms with van der Waals surface area (Å²) in [5.41, 5.74) is 2.13. The molecule has 0 aliphatic carbocycles. The van der Waals surface area contributed by atoms with Gasteiger partial charge in [-0.15, -0.1) is 0 Å². The molecule has 1 rings (SSSR count). The minimum Gasteiger partial charge on any atom is -0.496 e. The molecule has 3 nitrogen and oxygen atoms in total. The van der Waals surface area contributed by atoms with Crippen LogP contribution in [0.5, 0.6) is 5.75 Å². The van der Waals surface area contributed by atoms with Gasteiger partial charge in [0.15, 0.2) is 0 Å². The van der Waals surface area contributed by atoms with Gasteiger partial charge in [-0.3, -0.25) is 4.79 Å². The Morgan fingerprint density at radius 2 is 2.18 bits per heavy atom. The van der Waals surface area contributed by atoms with Crippen LogP contribution in [0, 0.1) is 0 Å². The number of hydrogen-bond acceptors (Lipinski definition) is 2. The Hall–Kier alpha value is -1.77. The molecule has 0 bridgehead atoms. The van der Waals surface area contributed by atoms with Crippen molar-refractivity contribution in [1.82, 2.24) is 0 Å². The van der Waals surface area contributed by atoms with Crippen LogP contribution in [0.3, 0.4) is 0 Å². The van der Waals surface area contributed by atoms with Crippen molar-refractivity contribution in [1.29, 1.82) is 0 Å². The number of benzene rings is 1. The lowest BCUT2D eigenvalue weighted by Gasteiger charge is -2.12. The summed E-state index contributed by atoms with van der Waals surface area (Å²) in [6, 6.07) is 5.86. The highest BCUT2D eigenvalue weighted by Crippen LogP contribution is 2.27. The zero-order valence-corrected chi connectivity index (χ0v) is 10.4. The Labute approximate surface area is 102 Å². The lowest BCUT2D eigenvalue weighted by atomic mass is 9.99. The molecular formula is C14H18O3. The standard InChI is InChI=1S/C14H18O3/c1-10(2)12-9-11(5-4-6-14(15)16)7-8-13(12)17-3/h4-5,7-10H,6H2,1-3H3,(H,15,16)/b5-4+. The molecule has 0 atom stereocenters. The third-order valence-electron chi connectivity index (χ3n) is 2.48. The smallest absolute Gasteiger partial charge is 0.307 e. The van der Waals surface area contributed by atoms with Gasteiger partial charge in [0.05, 0.1) is 13.5 Å². The van der Waals surface area contributed by atoms with Gasteiger partial charge in [0.2, 0.25) is 0 Å². The van der Waals surface area contributed by atoms with E-state index >= 15 is 0 Å². The highest BCUT2D eigenvalue weighted by Gasteiger charge is 2.07. The molecule has 0 unspecified atom stereocenters. The van der Waals surface area contributed by atoms with Gasteiger partial charge in [0.1, 0.15) is 5.75 Å². The van der Waals surface area contributed by atoms with Gasteiger partial charge in [0, 0.05) is 0 Å². The average molecular weight is 234 g/mol. The van der Waals surface area contributed by atoms with Crippen LogP contribution in [-0.2, 0) is 4.79 Å². The summed E-state index contributed by atoms with van der Waals surface area (Å²) < 4.78 is 5.29. The second-order valence-electron chi connectivity index (χ2n) is 4.16. The molecule has 0 fully saturated rings. The largest absolute Gasteiger partial charge is 0.496 e. The second kappa shape index (κ2) is 6.09. The Morgan fingerprint density at radius 3 is 2.71 bits per heavy atom. The fraction of sp³-hybridized carbons (Fsp3) is 0.357. The maximum absolute atomic E-state index is 10.4. The predicted octanol–water partition coefficient (Wildman–Crippen LogP) is 3.31. The highest BCUT2D eigenvalue weighted by atomic mass is 16.5. The van der Waals surface area contributed by atoms with E-state index in [1.54, 1.807) is 13.2 Å². The Balaban J connectivity index is 2.92. The van der Waals surface area contributed by atoms with Crippen molar-refractivity contribution in [2.75, 3.05) is 7.11 Å². The Bertz CT molecular complexity index is 419. The first kappa shape index (κ1) is 13.3. The van der Waals surface area contributed by atoms with Crippen molar-refractivity contribution in [2.45, 2.75) is 26.2 Å². The zero-order chi connectivity index (χ0) is 12.8.